The van der Waals surface area contributed by atoms with Gasteiger partial charge in [-0.3, -0.25) is 4.79 Å². The van der Waals surface area contributed by atoms with Crippen LogP contribution in [0.15, 0.2) is 18.2 Å². The van der Waals surface area contributed by atoms with Crippen molar-refractivity contribution in [2.45, 2.75) is 6.92 Å². The Hall–Kier alpha value is -1.38. The number of aryl methyl sites for hydroxylation is 1. The van der Waals surface area contributed by atoms with Gasteiger partial charge in [-0.2, -0.15) is 0 Å². The Kier molecular flexibility index (Phi) is 1.79. The molecule has 1 saturated heterocycles. The Balaban J connectivity index is 2.30. The summed E-state index contributed by atoms with van der Waals surface area (Å²) in [6.45, 7) is 3.32. The zero-order valence-electron chi connectivity index (χ0n) is 7.38. The maximum absolute atomic E-state index is 12.9. The Morgan fingerprint density at radius 1 is 1.46 bits per heavy atom. The zero-order chi connectivity index (χ0) is 9.42. The molecule has 0 radical (unpaired) electrons. The van der Waals surface area contributed by atoms with E-state index in [-0.39, 0.29) is 11.7 Å². The van der Waals surface area contributed by atoms with Gasteiger partial charge in [0.1, 0.15) is 5.82 Å². The summed E-state index contributed by atoms with van der Waals surface area (Å²) < 4.78 is 12.9. The quantitative estimate of drug-likeness (QED) is 0.599. The highest BCUT2D eigenvalue weighted by Gasteiger charge is 2.25. The second kappa shape index (κ2) is 2.83. The fraction of sp³-hybridized carbons (Fsp3) is 0.300. The first-order valence-electron chi connectivity index (χ1n) is 4.24. The molecule has 68 valence electrons. The van der Waals surface area contributed by atoms with E-state index in [1.54, 1.807) is 17.9 Å². The molecule has 2 rings (SSSR count). The molecule has 0 bridgehead atoms. The lowest BCUT2D eigenvalue weighted by Gasteiger charge is -2.02. The van der Waals surface area contributed by atoms with Gasteiger partial charge in [0.05, 0.1) is 0 Å². The molecule has 1 aliphatic rings. The van der Waals surface area contributed by atoms with E-state index >= 15 is 0 Å². The van der Waals surface area contributed by atoms with Gasteiger partial charge in [-0.15, -0.1) is 0 Å². The van der Waals surface area contributed by atoms with Crippen molar-refractivity contribution in [1.82, 2.24) is 4.90 Å². The molecule has 1 heterocycles. The Bertz CT molecular complexity index is 358. The SMILES string of the molecule is Cc1cc(C(=O)N2CC2)ccc1F. The van der Waals surface area contributed by atoms with Crippen molar-refractivity contribution in [2.75, 3.05) is 13.1 Å². The van der Waals surface area contributed by atoms with E-state index in [4.69, 9.17) is 0 Å². The van der Waals surface area contributed by atoms with Crippen molar-refractivity contribution in [2.24, 2.45) is 0 Å². The molecular formula is C10H10FNO. The lowest BCUT2D eigenvalue weighted by Crippen LogP contribution is -2.10. The largest absolute Gasteiger partial charge is 0.335 e. The smallest absolute Gasteiger partial charge is 0.253 e. The summed E-state index contributed by atoms with van der Waals surface area (Å²) >= 11 is 0. The number of amides is 1. The van der Waals surface area contributed by atoms with E-state index in [1.165, 1.54) is 12.1 Å². The molecule has 3 heteroatoms. The molecule has 0 saturated carbocycles. The van der Waals surface area contributed by atoms with E-state index in [0.717, 1.165) is 13.1 Å². The number of carbonyl (C=O) groups excluding carboxylic acids is 1. The molecule has 0 atom stereocenters. The first-order valence-corrected chi connectivity index (χ1v) is 4.24. The standard InChI is InChI=1S/C10H10FNO/c1-7-6-8(2-3-9(7)11)10(13)12-4-5-12/h2-3,6H,4-5H2,1H3. The van der Waals surface area contributed by atoms with Crippen molar-refractivity contribution in [3.63, 3.8) is 0 Å². The number of hydrogen-bond acceptors (Lipinski definition) is 1. The minimum Gasteiger partial charge on any atom is -0.335 e. The average Bonchev–Trinajstić information content (AvgIpc) is 2.91. The fourth-order valence-corrected chi connectivity index (χ4v) is 1.21. The van der Waals surface area contributed by atoms with Gasteiger partial charge in [0.15, 0.2) is 0 Å². The first kappa shape index (κ1) is 8.23. The molecule has 1 aromatic rings. The molecular weight excluding hydrogens is 169 g/mol. The number of hydrogen-bond donors (Lipinski definition) is 0. The van der Waals surface area contributed by atoms with Crippen LogP contribution < -0.4 is 0 Å². The summed E-state index contributed by atoms with van der Waals surface area (Å²) in [6.07, 6.45) is 0. The van der Waals surface area contributed by atoms with Crippen molar-refractivity contribution in [1.29, 1.82) is 0 Å². The summed E-state index contributed by atoms with van der Waals surface area (Å²) in [5.41, 5.74) is 1.10. The molecule has 1 fully saturated rings. The molecule has 1 aliphatic heterocycles. The van der Waals surface area contributed by atoms with Crippen LogP contribution in [0.2, 0.25) is 0 Å². The third-order valence-corrected chi connectivity index (χ3v) is 2.14. The van der Waals surface area contributed by atoms with Gasteiger partial charge < -0.3 is 4.90 Å². The van der Waals surface area contributed by atoms with Crippen LogP contribution in [-0.2, 0) is 0 Å². The number of nitrogens with zero attached hydrogens (tertiary/aromatic N) is 1. The van der Waals surface area contributed by atoms with Crippen LogP contribution in [0, 0.1) is 12.7 Å². The van der Waals surface area contributed by atoms with E-state index in [0.29, 0.717) is 11.1 Å². The summed E-state index contributed by atoms with van der Waals surface area (Å²) in [7, 11) is 0. The van der Waals surface area contributed by atoms with Crippen LogP contribution in [0.25, 0.3) is 0 Å². The number of rotatable bonds is 1. The molecule has 1 amide bonds. The van der Waals surface area contributed by atoms with Crippen LogP contribution in [-0.4, -0.2) is 23.9 Å². The number of halogens is 1. The van der Waals surface area contributed by atoms with Crippen LogP contribution >= 0.6 is 0 Å². The molecule has 1 aromatic carbocycles. The maximum Gasteiger partial charge on any atom is 0.253 e. The highest BCUT2D eigenvalue weighted by molar-refractivity contribution is 5.95. The Labute approximate surface area is 76.0 Å². The van der Waals surface area contributed by atoms with Crippen LogP contribution in [0.1, 0.15) is 15.9 Å². The van der Waals surface area contributed by atoms with Gasteiger partial charge in [-0.1, -0.05) is 0 Å². The van der Waals surface area contributed by atoms with Gasteiger partial charge in [0, 0.05) is 18.7 Å². The lowest BCUT2D eigenvalue weighted by molar-refractivity contribution is 0.0885. The Morgan fingerprint density at radius 3 is 2.69 bits per heavy atom. The van der Waals surface area contributed by atoms with Gasteiger partial charge in [0.25, 0.3) is 5.91 Å². The molecule has 0 aromatic heterocycles. The van der Waals surface area contributed by atoms with Crippen molar-refractivity contribution >= 4 is 5.91 Å². The van der Waals surface area contributed by atoms with E-state index in [2.05, 4.69) is 0 Å². The summed E-state index contributed by atoms with van der Waals surface area (Å²) in [5.74, 6) is -0.259. The second-order valence-corrected chi connectivity index (χ2v) is 3.26. The fourth-order valence-electron chi connectivity index (χ4n) is 1.21. The first-order chi connectivity index (χ1) is 6.18. The monoisotopic (exact) mass is 179 g/mol. The van der Waals surface area contributed by atoms with E-state index in [9.17, 15) is 9.18 Å². The third-order valence-electron chi connectivity index (χ3n) is 2.14. The predicted molar refractivity (Wildman–Crippen MR) is 47.0 cm³/mol. The minimum absolute atomic E-state index is 0.00287. The van der Waals surface area contributed by atoms with Gasteiger partial charge in [0.2, 0.25) is 0 Å². The van der Waals surface area contributed by atoms with Crippen molar-refractivity contribution in [3.05, 3.63) is 35.1 Å². The van der Waals surface area contributed by atoms with Crippen LogP contribution in [0.5, 0.6) is 0 Å². The van der Waals surface area contributed by atoms with E-state index < -0.39 is 0 Å². The molecule has 0 unspecified atom stereocenters. The Morgan fingerprint density at radius 2 is 2.15 bits per heavy atom. The highest BCUT2D eigenvalue weighted by Crippen LogP contribution is 2.15. The predicted octanol–water partition coefficient (Wildman–Crippen LogP) is 1.59. The molecule has 13 heavy (non-hydrogen) atoms. The number of carbonyl (C=O) groups is 1. The van der Waals surface area contributed by atoms with Crippen LogP contribution in [0.4, 0.5) is 4.39 Å². The van der Waals surface area contributed by atoms with Crippen molar-refractivity contribution < 1.29 is 9.18 Å². The second-order valence-electron chi connectivity index (χ2n) is 3.26. The molecule has 0 spiro atoms. The third kappa shape index (κ3) is 1.54. The normalized spacial score (nSPS) is 14.5. The number of benzene rings is 1. The molecule has 0 aliphatic carbocycles. The lowest BCUT2D eigenvalue weighted by atomic mass is 10.1. The van der Waals surface area contributed by atoms with E-state index in [1.807, 2.05) is 0 Å². The summed E-state index contributed by atoms with van der Waals surface area (Å²) in [4.78, 5) is 13.2. The van der Waals surface area contributed by atoms with Gasteiger partial charge >= 0.3 is 0 Å². The van der Waals surface area contributed by atoms with Crippen molar-refractivity contribution in [3.8, 4) is 0 Å². The maximum atomic E-state index is 12.9. The van der Waals surface area contributed by atoms with Gasteiger partial charge in [-0.05, 0) is 30.7 Å². The van der Waals surface area contributed by atoms with Gasteiger partial charge in [-0.25, -0.2) is 4.39 Å². The zero-order valence-corrected chi connectivity index (χ0v) is 7.38. The van der Waals surface area contributed by atoms with Crippen LogP contribution in [0.3, 0.4) is 0 Å². The molecule has 2 nitrogen and oxygen atoms in total. The highest BCUT2D eigenvalue weighted by atomic mass is 19.1. The summed E-state index contributed by atoms with van der Waals surface area (Å²) in [6, 6.07) is 4.46. The molecule has 0 N–H and O–H groups in total. The minimum atomic E-state index is -0.262. The topological polar surface area (TPSA) is 20.1 Å². The summed E-state index contributed by atoms with van der Waals surface area (Å²) in [5, 5.41) is 0. The average molecular weight is 179 g/mol.